The second-order valence-electron chi connectivity index (χ2n) is 1.58. The molecule has 0 fully saturated rings. The van der Waals surface area contributed by atoms with Gasteiger partial charge in [-0.3, -0.25) is 0 Å². The standard InChI is InChI=1S/C4H6N2.Cl4Se/c1-6-3-2-5-4-6;1-5(2,3)4/h2-4H,1H3;. The van der Waals surface area contributed by atoms with Gasteiger partial charge in [-0.1, -0.05) is 0 Å². The maximum atomic E-state index is 4.98. The van der Waals surface area contributed by atoms with Crippen molar-refractivity contribution in [3.05, 3.63) is 18.7 Å². The van der Waals surface area contributed by atoms with Gasteiger partial charge < -0.3 is 4.57 Å². The van der Waals surface area contributed by atoms with E-state index in [9.17, 15) is 0 Å². The van der Waals surface area contributed by atoms with Gasteiger partial charge in [0.15, 0.2) is 0 Å². The molecule has 66 valence electrons. The Labute approximate surface area is 84.5 Å². The molecule has 0 bridgehead atoms. The topological polar surface area (TPSA) is 17.8 Å². The number of imidazole rings is 1. The third-order valence-corrected chi connectivity index (χ3v) is 0.637. The van der Waals surface area contributed by atoms with Crippen molar-refractivity contribution in [2.45, 2.75) is 0 Å². The molecule has 0 aliphatic heterocycles. The minimum Gasteiger partial charge on any atom is -0.341 e. The summed E-state index contributed by atoms with van der Waals surface area (Å²) in [5, 5.41) is 0. The van der Waals surface area contributed by atoms with Crippen molar-refractivity contribution in [2.75, 3.05) is 0 Å². The second kappa shape index (κ2) is 5.52. The fourth-order valence-corrected chi connectivity index (χ4v) is 0.326. The zero-order valence-electron chi connectivity index (χ0n) is 5.55. The molecule has 0 saturated heterocycles. The molecule has 7 heteroatoms. The van der Waals surface area contributed by atoms with Crippen LogP contribution in [0.15, 0.2) is 18.7 Å². The first-order valence-corrected chi connectivity index (χ1v) is 11.4. The average molecular weight is 303 g/mol. The Hall–Kier alpha value is 0.889. The number of rotatable bonds is 0. The Morgan fingerprint density at radius 3 is 1.82 bits per heavy atom. The van der Waals surface area contributed by atoms with Gasteiger partial charge in [-0.25, -0.2) is 4.98 Å². The van der Waals surface area contributed by atoms with Gasteiger partial charge in [0.1, 0.15) is 0 Å². The molecule has 0 amide bonds. The zero-order valence-corrected chi connectivity index (χ0v) is 10.3. The van der Waals surface area contributed by atoms with E-state index < -0.39 is 9.20 Å². The monoisotopic (exact) mass is 302 g/mol. The van der Waals surface area contributed by atoms with Crippen molar-refractivity contribution in [3.8, 4) is 0 Å². The number of nitrogens with zero attached hydrogens (tertiary/aromatic N) is 2. The molecule has 0 saturated carbocycles. The summed E-state index contributed by atoms with van der Waals surface area (Å²) in [6.45, 7) is 0. The van der Waals surface area contributed by atoms with Crippen LogP contribution in [0.4, 0.5) is 0 Å². The van der Waals surface area contributed by atoms with E-state index in [0.717, 1.165) is 0 Å². The van der Waals surface area contributed by atoms with Crippen LogP contribution in [0, 0.1) is 0 Å². The Morgan fingerprint density at radius 2 is 1.73 bits per heavy atom. The van der Waals surface area contributed by atoms with E-state index in [2.05, 4.69) is 4.98 Å². The minimum absolute atomic E-state index is 1.75. The molecular formula is C4H6Cl4N2Se. The van der Waals surface area contributed by atoms with E-state index in [-0.39, 0.29) is 0 Å². The van der Waals surface area contributed by atoms with Gasteiger partial charge in [-0.15, -0.1) is 0 Å². The van der Waals surface area contributed by atoms with Crippen LogP contribution in [0.25, 0.3) is 0 Å². The number of halogens is 4. The molecule has 0 aliphatic rings. The molecule has 0 N–H and O–H groups in total. The van der Waals surface area contributed by atoms with Crippen molar-refractivity contribution in [3.63, 3.8) is 0 Å². The van der Waals surface area contributed by atoms with Crippen molar-refractivity contribution in [1.82, 2.24) is 9.55 Å². The smallest absolute Gasteiger partial charge is 0.0943 e. The van der Waals surface area contributed by atoms with Gasteiger partial charge in [-0.2, -0.15) is 0 Å². The first-order valence-electron chi connectivity index (χ1n) is 2.43. The fourth-order valence-electron chi connectivity index (χ4n) is 0.326. The average Bonchev–Trinajstić information content (AvgIpc) is 2.12. The van der Waals surface area contributed by atoms with E-state index in [4.69, 9.17) is 40.4 Å². The normalized spacial score (nSPS) is 11.7. The SMILES string of the molecule is Cl[Se](Cl)(Cl)Cl.Cn1ccnc1. The molecule has 11 heavy (non-hydrogen) atoms. The number of aromatic nitrogens is 2. The molecular weight excluding hydrogens is 297 g/mol. The molecule has 1 aromatic rings. The molecule has 2 nitrogen and oxygen atoms in total. The number of aryl methyl sites for hydroxylation is 1. The van der Waals surface area contributed by atoms with E-state index in [1.807, 2.05) is 17.8 Å². The molecule has 1 aromatic heterocycles. The summed E-state index contributed by atoms with van der Waals surface area (Å²) >= 11 is 0. The maximum absolute atomic E-state index is 4.98. The van der Waals surface area contributed by atoms with Crippen LogP contribution >= 0.6 is 40.4 Å². The fraction of sp³-hybridized carbons (Fsp3) is 0.250. The molecule has 1 heterocycles. The van der Waals surface area contributed by atoms with Crippen LogP contribution in [0.1, 0.15) is 0 Å². The summed E-state index contributed by atoms with van der Waals surface area (Å²) in [5.74, 6) is 0. The number of hydrogen-bond acceptors (Lipinski definition) is 1. The third kappa shape index (κ3) is 13.8. The molecule has 0 radical (unpaired) electrons. The predicted molar refractivity (Wildman–Crippen MR) is 52.4 cm³/mol. The largest absolute Gasteiger partial charge is 0.341 e. The molecule has 0 aliphatic carbocycles. The Balaban J connectivity index is 0.000000187. The van der Waals surface area contributed by atoms with Gasteiger partial charge in [-0.05, 0) is 0 Å². The molecule has 0 atom stereocenters. The van der Waals surface area contributed by atoms with Gasteiger partial charge in [0, 0.05) is 19.4 Å². The van der Waals surface area contributed by atoms with Crippen LogP contribution in [0.2, 0.25) is 0 Å². The molecule has 0 spiro atoms. The number of hydrogen-bond donors (Lipinski definition) is 0. The van der Waals surface area contributed by atoms with Crippen LogP contribution in [-0.4, -0.2) is 18.7 Å². The van der Waals surface area contributed by atoms with Gasteiger partial charge in [0.2, 0.25) is 0 Å². The van der Waals surface area contributed by atoms with Crippen LogP contribution in [0.5, 0.6) is 0 Å². The quantitative estimate of drug-likeness (QED) is 0.674. The van der Waals surface area contributed by atoms with Crippen LogP contribution in [-0.2, 0) is 7.05 Å². The maximum Gasteiger partial charge on any atom is 0.0943 e. The second-order valence-corrected chi connectivity index (χ2v) is 17.6. The van der Waals surface area contributed by atoms with E-state index in [1.165, 1.54) is 0 Å². The molecule has 0 unspecified atom stereocenters. The summed E-state index contributed by atoms with van der Waals surface area (Å²) < 4.78 is 1.89. The Bertz CT molecular complexity index is 176. The van der Waals surface area contributed by atoms with E-state index in [0.29, 0.717) is 0 Å². The van der Waals surface area contributed by atoms with Crippen molar-refractivity contribution < 1.29 is 0 Å². The minimum atomic E-state index is -2.86. The van der Waals surface area contributed by atoms with Crippen molar-refractivity contribution >= 4 is 49.6 Å². The van der Waals surface area contributed by atoms with Crippen LogP contribution in [0.3, 0.4) is 0 Å². The Kier molecular flexibility index (Phi) is 5.97. The first kappa shape index (κ1) is 11.9. The van der Waals surface area contributed by atoms with Crippen LogP contribution < -0.4 is 0 Å². The zero-order chi connectivity index (χ0) is 8.91. The molecule has 1 rings (SSSR count). The van der Waals surface area contributed by atoms with E-state index >= 15 is 0 Å². The first-order chi connectivity index (χ1) is 4.89. The van der Waals surface area contributed by atoms with Gasteiger partial charge in [0.25, 0.3) is 0 Å². The summed E-state index contributed by atoms with van der Waals surface area (Å²) in [6.07, 6.45) is 5.39. The summed E-state index contributed by atoms with van der Waals surface area (Å²) in [7, 11) is 19.0. The van der Waals surface area contributed by atoms with Gasteiger partial charge in [0.05, 0.1) is 6.33 Å². The molecule has 0 aromatic carbocycles. The van der Waals surface area contributed by atoms with Crippen molar-refractivity contribution in [1.29, 1.82) is 0 Å². The van der Waals surface area contributed by atoms with Crippen molar-refractivity contribution in [2.24, 2.45) is 7.05 Å². The van der Waals surface area contributed by atoms with Gasteiger partial charge >= 0.3 is 49.6 Å². The summed E-state index contributed by atoms with van der Waals surface area (Å²) in [5.41, 5.74) is 0. The third-order valence-electron chi connectivity index (χ3n) is 0.637. The summed E-state index contributed by atoms with van der Waals surface area (Å²) in [4.78, 5) is 3.78. The predicted octanol–water partition coefficient (Wildman–Crippen LogP) is 2.80. The Morgan fingerprint density at radius 1 is 1.27 bits per heavy atom. The van der Waals surface area contributed by atoms with E-state index in [1.54, 1.807) is 12.5 Å². The summed E-state index contributed by atoms with van der Waals surface area (Å²) in [6, 6.07) is 0.